The van der Waals surface area contributed by atoms with Gasteiger partial charge >= 0.3 is 6.01 Å². The maximum Gasteiger partial charge on any atom is 0.322 e. The monoisotopic (exact) mass is 364 g/mol. The second-order valence-corrected chi connectivity index (χ2v) is 5.72. The molecule has 0 aliphatic heterocycles. The van der Waals surface area contributed by atoms with Crippen LogP contribution in [-0.4, -0.2) is 35.3 Å². The number of anilines is 1. The lowest BCUT2D eigenvalue weighted by Crippen LogP contribution is -2.11. The molecular weight excluding hydrogens is 348 g/mol. The molecule has 2 aromatic carbocycles. The zero-order chi connectivity index (χ0) is 18.8. The zero-order valence-corrected chi connectivity index (χ0v) is 14.6. The van der Waals surface area contributed by atoms with Gasteiger partial charge in [0.25, 0.3) is 5.91 Å². The minimum Gasteiger partial charge on any atom is -0.497 e. The first-order chi connectivity index (χ1) is 13.2. The molecule has 2 N–H and O–H groups in total. The van der Waals surface area contributed by atoms with E-state index >= 15 is 0 Å². The number of nitrogens with one attached hydrogen (secondary N) is 2. The molecule has 0 unspecified atom stereocenters. The summed E-state index contributed by atoms with van der Waals surface area (Å²) < 4.78 is 16.0. The number of methoxy groups -OCH3 is 2. The molecule has 0 spiro atoms. The highest BCUT2D eigenvalue weighted by atomic mass is 16.5. The molecular formula is C19H16N4O4. The molecule has 0 aliphatic carbocycles. The second-order valence-electron chi connectivity index (χ2n) is 5.72. The van der Waals surface area contributed by atoms with Crippen LogP contribution < -0.4 is 14.8 Å². The van der Waals surface area contributed by atoms with Crippen molar-refractivity contribution in [3.63, 3.8) is 0 Å². The van der Waals surface area contributed by atoms with Crippen LogP contribution in [-0.2, 0) is 0 Å². The average Bonchev–Trinajstić information content (AvgIpc) is 3.34. The van der Waals surface area contributed by atoms with E-state index in [1.807, 2.05) is 24.3 Å². The van der Waals surface area contributed by atoms with Crippen LogP contribution >= 0.6 is 0 Å². The summed E-state index contributed by atoms with van der Waals surface area (Å²) in [5.41, 5.74) is 1.98. The van der Waals surface area contributed by atoms with Gasteiger partial charge in [-0.15, -0.1) is 5.10 Å². The van der Waals surface area contributed by atoms with Gasteiger partial charge in [0.05, 0.1) is 19.8 Å². The summed E-state index contributed by atoms with van der Waals surface area (Å²) in [6, 6.07) is 12.7. The number of hydrogen-bond donors (Lipinski definition) is 2. The molecule has 0 fully saturated rings. The summed E-state index contributed by atoms with van der Waals surface area (Å²) in [5, 5.41) is 11.3. The number of para-hydroxylation sites is 1. The molecule has 4 rings (SSSR count). The molecule has 2 heterocycles. The first-order valence-corrected chi connectivity index (χ1v) is 8.12. The van der Waals surface area contributed by atoms with E-state index in [-0.39, 0.29) is 17.8 Å². The molecule has 0 radical (unpaired) electrons. The van der Waals surface area contributed by atoms with Gasteiger partial charge in [-0.25, -0.2) is 0 Å². The van der Waals surface area contributed by atoms with E-state index in [1.54, 1.807) is 38.6 Å². The number of fused-ring (bicyclic) bond motifs is 1. The fourth-order valence-corrected chi connectivity index (χ4v) is 2.75. The summed E-state index contributed by atoms with van der Waals surface area (Å²) in [6.45, 7) is 0. The van der Waals surface area contributed by atoms with Gasteiger partial charge in [-0.05, 0) is 18.2 Å². The lowest BCUT2D eigenvalue weighted by Gasteiger charge is -2.05. The van der Waals surface area contributed by atoms with Crippen LogP contribution in [0.2, 0.25) is 0 Å². The Morgan fingerprint density at radius 1 is 1.07 bits per heavy atom. The molecule has 0 aliphatic rings. The first-order valence-electron chi connectivity index (χ1n) is 8.12. The van der Waals surface area contributed by atoms with Crippen molar-refractivity contribution in [1.29, 1.82) is 0 Å². The topological polar surface area (TPSA) is 102 Å². The van der Waals surface area contributed by atoms with E-state index in [0.717, 1.165) is 10.9 Å². The van der Waals surface area contributed by atoms with Crippen molar-refractivity contribution in [2.75, 3.05) is 19.5 Å². The van der Waals surface area contributed by atoms with Gasteiger partial charge in [-0.2, -0.15) is 0 Å². The standard InChI is InChI=1S/C19H16N4O4/c1-25-12-7-11(8-13(9-12)26-2)18-22-23-19(27-18)21-17(24)15-10-20-16-6-4-3-5-14(15)16/h3-10,20H,1-2H3,(H,21,23,24). The van der Waals surface area contributed by atoms with Gasteiger partial charge in [0.1, 0.15) is 11.5 Å². The Labute approximate surface area is 154 Å². The van der Waals surface area contributed by atoms with Crippen molar-refractivity contribution in [1.82, 2.24) is 15.2 Å². The highest BCUT2D eigenvalue weighted by Crippen LogP contribution is 2.29. The van der Waals surface area contributed by atoms with Crippen molar-refractivity contribution in [2.45, 2.75) is 0 Å². The third-order valence-corrected chi connectivity index (χ3v) is 4.08. The van der Waals surface area contributed by atoms with Gasteiger partial charge in [0.15, 0.2) is 0 Å². The molecule has 0 bridgehead atoms. The van der Waals surface area contributed by atoms with Crippen molar-refractivity contribution >= 4 is 22.8 Å². The summed E-state index contributed by atoms with van der Waals surface area (Å²) in [6.07, 6.45) is 1.64. The van der Waals surface area contributed by atoms with Gasteiger partial charge in [0.2, 0.25) is 5.89 Å². The molecule has 0 atom stereocenters. The summed E-state index contributed by atoms with van der Waals surface area (Å²) >= 11 is 0. The molecule has 1 amide bonds. The predicted octanol–water partition coefficient (Wildman–Crippen LogP) is 3.49. The molecule has 8 heteroatoms. The SMILES string of the molecule is COc1cc(OC)cc(-c2nnc(NC(=O)c3c[nH]c4ccccc34)o2)c1. The number of aromatic nitrogens is 3. The van der Waals surface area contributed by atoms with E-state index in [0.29, 0.717) is 22.6 Å². The molecule has 0 saturated heterocycles. The number of carbonyl (C=O) groups is 1. The van der Waals surface area contributed by atoms with Crippen LogP contribution in [0.4, 0.5) is 6.01 Å². The Hall–Kier alpha value is -3.81. The second kappa shape index (κ2) is 6.83. The highest BCUT2D eigenvalue weighted by Gasteiger charge is 2.16. The van der Waals surface area contributed by atoms with Gasteiger partial charge in [-0.1, -0.05) is 23.3 Å². The number of ether oxygens (including phenoxy) is 2. The van der Waals surface area contributed by atoms with Crippen LogP contribution in [0.5, 0.6) is 11.5 Å². The fourth-order valence-electron chi connectivity index (χ4n) is 2.75. The van der Waals surface area contributed by atoms with E-state index in [9.17, 15) is 4.79 Å². The van der Waals surface area contributed by atoms with Crippen molar-refractivity contribution < 1.29 is 18.7 Å². The van der Waals surface area contributed by atoms with Crippen LogP contribution in [0.15, 0.2) is 53.1 Å². The Morgan fingerprint density at radius 2 is 1.81 bits per heavy atom. The summed E-state index contributed by atoms with van der Waals surface area (Å²) in [4.78, 5) is 15.6. The normalized spacial score (nSPS) is 10.7. The van der Waals surface area contributed by atoms with Crippen LogP contribution in [0, 0.1) is 0 Å². The first kappa shape index (κ1) is 16.6. The third kappa shape index (κ3) is 3.20. The molecule has 2 aromatic heterocycles. The van der Waals surface area contributed by atoms with E-state index in [1.165, 1.54) is 0 Å². The Kier molecular flexibility index (Phi) is 4.21. The van der Waals surface area contributed by atoms with Gasteiger partial charge < -0.3 is 18.9 Å². The maximum atomic E-state index is 12.5. The lowest BCUT2D eigenvalue weighted by molar-refractivity contribution is 0.102. The fraction of sp³-hybridized carbons (Fsp3) is 0.105. The smallest absolute Gasteiger partial charge is 0.322 e. The quantitative estimate of drug-likeness (QED) is 0.562. The van der Waals surface area contributed by atoms with Crippen molar-refractivity contribution in [3.8, 4) is 23.0 Å². The van der Waals surface area contributed by atoms with E-state index in [4.69, 9.17) is 13.9 Å². The maximum absolute atomic E-state index is 12.5. The minimum absolute atomic E-state index is 0.00191. The number of rotatable bonds is 5. The number of H-pyrrole nitrogens is 1. The number of amides is 1. The van der Waals surface area contributed by atoms with Crippen molar-refractivity contribution in [3.05, 3.63) is 54.2 Å². The van der Waals surface area contributed by atoms with Gasteiger partial charge in [-0.3, -0.25) is 10.1 Å². The van der Waals surface area contributed by atoms with Crippen molar-refractivity contribution in [2.24, 2.45) is 0 Å². The number of carbonyl (C=O) groups excluding carboxylic acids is 1. The van der Waals surface area contributed by atoms with E-state index < -0.39 is 0 Å². The third-order valence-electron chi connectivity index (χ3n) is 4.08. The number of benzene rings is 2. The number of aromatic amines is 1. The van der Waals surface area contributed by atoms with E-state index in [2.05, 4.69) is 20.5 Å². The predicted molar refractivity (Wildman–Crippen MR) is 99.1 cm³/mol. The summed E-state index contributed by atoms with van der Waals surface area (Å²) in [7, 11) is 3.11. The highest BCUT2D eigenvalue weighted by molar-refractivity contribution is 6.12. The van der Waals surface area contributed by atoms with Crippen LogP contribution in [0.3, 0.4) is 0 Å². The van der Waals surface area contributed by atoms with Gasteiger partial charge in [0, 0.05) is 28.7 Å². The molecule has 4 aromatic rings. The molecule has 0 saturated carbocycles. The minimum atomic E-state index is -0.342. The average molecular weight is 364 g/mol. The number of hydrogen-bond acceptors (Lipinski definition) is 6. The lowest BCUT2D eigenvalue weighted by atomic mass is 10.2. The molecule has 8 nitrogen and oxygen atoms in total. The number of nitrogens with zero attached hydrogens (tertiary/aromatic N) is 2. The molecule has 27 heavy (non-hydrogen) atoms. The van der Waals surface area contributed by atoms with Crippen LogP contribution in [0.1, 0.15) is 10.4 Å². The van der Waals surface area contributed by atoms with Crippen LogP contribution in [0.25, 0.3) is 22.4 Å². The Bertz CT molecular complexity index is 1090. The Morgan fingerprint density at radius 3 is 2.56 bits per heavy atom. The Balaban J connectivity index is 1.59. The largest absolute Gasteiger partial charge is 0.497 e. The molecule has 136 valence electrons. The summed E-state index contributed by atoms with van der Waals surface area (Å²) in [5.74, 6) is 1.08. The zero-order valence-electron chi connectivity index (χ0n) is 14.6.